The van der Waals surface area contributed by atoms with Crippen molar-refractivity contribution in [2.45, 2.75) is 12.7 Å². The van der Waals surface area contributed by atoms with E-state index in [2.05, 4.69) is 5.32 Å². The van der Waals surface area contributed by atoms with E-state index < -0.39 is 6.10 Å². The molecule has 1 amide bonds. The van der Waals surface area contributed by atoms with Gasteiger partial charge in [-0.1, -0.05) is 12.1 Å². The predicted molar refractivity (Wildman–Crippen MR) is 60.8 cm³/mol. The number of rotatable bonds is 5. The van der Waals surface area contributed by atoms with Gasteiger partial charge in [0.25, 0.3) is 5.91 Å². The van der Waals surface area contributed by atoms with E-state index in [0.29, 0.717) is 5.69 Å². The molecule has 0 aliphatic carbocycles. The minimum Gasteiger partial charge on any atom is -0.392 e. The lowest BCUT2D eigenvalue weighted by atomic mass is 10.2. The summed E-state index contributed by atoms with van der Waals surface area (Å²) in [6, 6.07) is 6.96. The maximum absolute atomic E-state index is 11.6. The molecule has 0 saturated heterocycles. The Bertz CT molecular complexity index is 351. The highest BCUT2D eigenvalue weighted by molar-refractivity contribution is 5.94. The van der Waals surface area contributed by atoms with Crippen LogP contribution in [-0.4, -0.2) is 30.8 Å². The van der Waals surface area contributed by atoms with Crippen molar-refractivity contribution in [3.05, 3.63) is 29.8 Å². The van der Waals surface area contributed by atoms with Gasteiger partial charge in [-0.2, -0.15) is 0 Å². The van der Waals surface area contributed by atoms with Crippen molar-refractivity contribution < 1.29 is 14.6 Å². The number of ether oxygens (including phenoxy) is 1. The Kier molecular flexibility index (Phi) is 4.91. The SMILES string of the molecule is COC(CN)C(=O)Nc1cccc(CO)c1. The van der Waals surface area contributed by atoms with Gasteiger partial charge >= 0.3 is 0 Å². The van der Waals surface area contributed by atoms with Crippen molar-refractivity contribution in [1.29, 1.82) is 0 Å². The number of carbonyl (C=O) groups excluding carboxylic acids is 1. The molecule has 88 valence electrons. The quantitative estimate of drug-likeness (QED) is 0.662. The third-order valence-electron chi connectivity index (χ3n) is 2.17. The highest BCUT2D eigenvalue weighted by Gasteiger charge is 2.15. The van der Waals surface area contributed by atoms with Gasteiger partial charge in [0.15, 0.2) is 0 Å². The smallest absolute Gasteiger partial charge is 0.254 e. The Labute approximate surface area is 94.2 Å². The second-order valence-electron chi connectivity index (χ2n) is 3.31. The van der Waals surface area contributed by atoms with Gasteiger partial charge in [0.05, 0.1) is 6.61 Å². The van der Waals surface area contributed by atoms with Crippen LogP contribution in [0, 0.1) is 0 Å². The highest BCUT2D eigenvalue weighted by atomic mass is 16.5. The molecule has 0 aliphatic heterocycles. The third kappa shape index (κ3) is 3.30. The monoisotopic (exact) mass is 224 g/mol. The van der Waals surface area contributed by atoms with Gasteiger partial charge in [-0.25, -0.2) is 0 Å². The second-order valence-corrected chi connectivity index (χ2v) is 3.31. The van der Waals surface area contributed by atoms with Crippen molar-refractivity contribution >= 4 is 11.6 Å². The molecule has 5 nitrogen and oxygen atoms in total. The molecule has 4 N–H and O–H groups in total. The summed E-state index contributed by atoms with van der Waals surface area (Å²) in [5.41, 5.74) is 6.72. The molecule has 16 heavy (non-hydrogen) atoms. The number of aliphatic hydroxyl groups is 1. The number of aliphatic hydroxyl groups excluding tert-OH is 1. The van der Waals surface area contributed by atoms with E-state index >= 15 is 0 Å². The maximum Gasteiger partial charge on any atom is 0.254 e. The predicted octanol–water partition coefficient (Wildman–Crippen LogP) is 0.0911. The average Bonchev–Trinajstić information content (AvgIpc) is 2.31. The molecule has 0 aromatic heterocycles. The molecule has 5 heteroatoms. The molecule has 0 spiro atoms. The zero-order valence-electron chi connectivity index (χ0n) is 9.14. The molecule has 1 rings (SSSR count). The van der Waals surface area contributed by atoms with E-state index in [1.807, 2.05) is 0 Å². The fourth-order valence-corrected chi connectivity index (χ4v) is 1.28. The first kappa shape index (κ1) is 12.6. The van der Waals surface area contributed by atoms with Crippen molar-refractivity contribution in [2.24, 2.45) is 5.73 Å². The first-order valence-corrected chi connectivity index (χ1v) is 4.94. The molecule has 0 saturated carbocycles. The van der Waals surface area contributed by atoms with Crippen LogP contribution in [0.15, 0.2) is 24.3 Å². The Hall–Kier alpha value is -1.43. The number of anilines is 1. The minimum absolute atomic E-state index is 0.0612. The summed E-state index contributed by atoms with van der Waals surface area (Å²) in [5.74, 6) is -0.292. The van der Waals surface area contributed by atoms with Crippen LogP contribution in [0.4, 0.5) is 5.69 Å². The van der Waals surface area contributed by atoms with Crippen LogP contribution in [0.5, 0.6) is 0 Å². The third-order valence-corrected chi connectivity index (χ3v) is 2.17. The van der Waals surface area contributed by atoms with E-state index in [-0.39, 0.29) is 19.1 Å². The number of hydrogen-bond donors (Lipinski definition) is 3. The number of nitrogens with two attached hydrogens (primary N) is 1. The second kappa shape index (κ2) is 6.22. The summed E-state index contributed by atoms with van der Waals surface area (Å²) in [5, 5.41) is 11.6. The van der Waals surface area contributed by atoms with Crippen molar-refractivity contribution in [1.82, 2.24) is 0 Å². The van der Waals surface area contributed by atoms with Crippen LogP contribution >= 0.6 is 0 Å². The Balaban J connectivity index is 2.68. The lowest BCUT2D eigenvalue weighted by Gasteiger charge is -2.13. The molecular weight excluding hydrogens is 208 g/mol. The van der Waals surface area contributed by atoms with Gasteiger partial charge in [0, 0.05) is 19.3 Å². The summed E-state index contributed by atoms with van der Waals surface area (Å²) >= 11 is 0. The van der Waals surface area contributed by atoms with E-state index in [1.54, 1.807) is 24.3 Å². The first-order chi connectivity index (χ1) is 7.71. The normalized spacial score (nSPS) is 12.2. The summed E-state index contributed by atoms with van der Waals surface area (Å²) in [6.07, 6.45) is -0.655. The van der Waals surface area contributed by atoms with Gasteiger partial charge in [0.1, 0.15) is 6.10 Å². The number of nitrogens with one attached hydrogen (secondary N) is 1. The number of carbonyl (C=O) groups is 1. The summed E-state index contributed by atoms with van der Waals surface area (Å²) in [6.45, 7) is 0.0658. The van der Waals surface area contributed by atoms with Gasteiger partial charge < -0.3 is 20.9 Å². The lowest BCUT2D eigenvalue weighted by Crippen LogP contribution is -2.35. The Morgan fingerprint density at radius 2 is 2.38 bits per heavy atom. The van der Waals surface area contributed by atoms with Crippen LogP contribution in [0.25, 0.3) is 0 Å². The topological polar surface area (TPSA) is 84.6 Å². The van der Waals surface area contributed by atoms with E-state index in [4.69, 9.17) is 15.6 Å². The molecule has 1 atom stereocenters. The van der Waals surface area contributed by atoms with Gasteiger partial charge in [-0.15, -0.1) is 0 Å². The molecule has 0 aliphatic rings. The van der Waals surface area contributed by atoms with Crippen LogP contribution in [0.3, 0.4) is 0 Å². The van der Waals surface area contributed by atoms with Gasteiger partial charge in [0.2, 0.25) is 0 Å². The summed E-state index contributed by atoms with van der Waals surface area (Å²) < 4.78 is 4.90. The molecule has 1 aromatic rings. The van der Waals surface area contributed by atoms with Crippen molar-refractivity contribution in [3.8, 4) is 0 Å². The molecule has 1 unspecified atom stereocenters. The van der Waals surface area contributed by atoms with Crippen LogP contribution < -0.4 is 11.1 Å². The van der Waals surface area contributed by atoms with Crippen LogP contribution in [-0.2, 0) is 16.1 Å². The Morgan fingerprint density at radius 1 is 1.62 bits per heavy atom. The first-order valence-electron chi connectivity index (χ1n) is 4.94. The maximum atomic E-state index is 11.6. The lowest BCUT2D eigenvalue weighted by molar-refractivity contribution is -0.125. The van der Waals surface area contributed by atoms with Crippen molar-refractivity contribution in [2.75, 3.05) is 19.0 Å². The van der Waals surface area contributed by atoms with E-state index in [9.17, 15) is 4.79 Å². The van der Waals surface area contributed by atoms with Gasteiger partial charge in [-0.05, 0) is 17.7 Å². The fourth-order valence-electron chi connectivity index (χ4n) is 1.28. The number of methoxy groups -OCH3 is 1. The van der Waals surface area contributed by atoms with E-state index in [0.717, 1.165) is 5.56 Å². The molecule has 0 bridgehead atoms. The number of amides is 1. The van der Waals surface area contributed by atoms with Gasteiger partial charge in [-0.3, -0.25) is 4.79 Å². The van der Waals surface area contributed by atoms with Crippen LogP contribution in [0.1, 0.15) is 5.56 Å². The molecule has 1 aromatic carbocycles. The van der Waals surface area contributed by atoms with Crippen LogP contribution in [0.2, 0.25) is 0 Å². The number of hydrogen-bond acceptors (Lipinski definition) is 4. The van der Waals surface area contributed by atoms with Crippen molar-refractivity contribution in [3.63, 3.8) is 0 Å². The highest BCUT2D eigenvalue weighted by Crippen LogP contribution is 2.11. The zero-order chi connectivity index (χ0) is 12.0. The molecule has 0 radical (unpaired) electrons. The number of benzene rings is 1. The molecule has 0 heterocycles. The zero-order valence-corrected chi connectivity index (χ0v) is 9.14. The average molecular weight is 224 g/mol. The fraction of sp³-hybridized carbons (Fsp3) is 0.364. The standard InChI is InChI=1S/C11H16N2O3/c1-16-10(6-12)11(15)13-9-4-2-3-8(5-9)7-14/h2-5,10,14H,6-7,12H2,1H3,(H,13,15). The molecule has 0 fully saturated rings. The largest absolute Gasteiger partial charge is 0.392 e. The Morgan fingerprint density at radius 3 is 2.94 bits per heavy atom. The summed E-state index contributed by atoms with van der Waals surface area (Å²) in [4.78, 5) is 11.6. The summed E-state index contributed by atoms with van der Waals surface area (Å²) in [7, 11) is 1.43. The van der Waals surface area contributed by atoms with E-state index in [1.165, 1.54) is 7.11 Å². The molecular formula is C11H16N2O3. The minimum atomic E-state index is -0.655.